The van der Waals surface area contributed by atoms with Gasteiger partial charge in [-0.05, 0) is 35.0 Å². The summed E-state index contributed by atoms with van der Waals surface area (Å²) in [5, 5.41) is 5.29. The summed E-state index contributed by atoms with van der Waals surface area (Å²) >= 11 is 3.34. The van der Waals surface area contributed by atoms with Gasteiger partial charge in [-0.3, -0.25) is 14.5 Å². The molecule has 0 aromatic heterocycles. The molecule has 2 N–H and O–H groups in total. The average Bonchev–Trinajstić information content (AvgIpc) is 2.62. The van der Waals surface area contributed by atoms with Crippen molar-refractivity contribution < 1.29 is 18.0 Å². The molecule has 1 aliphatic rings. The van der Waals surface area contributed by atoms with Crippen molar-refractivity contribution in [2.24, 2.45) is 0 Å². The summed E-state index contributed by atoms with van der Waals surface area (Å²) in [5.74, 6) is -0.497. The van der Waals surface area contributed by atoms with E-state index in [-0.39, 0.29) is 30.7 Å². The lowest BCUT2D eigenvalue weighted by Crippen LogP contribution is -2.51. The molecule has 2 amide bonds. The van der Waals surface area contributed by atoms with Gasteiger partial charge < -0.3 is 10.6 Å². The molecule has 0 unspecified atom stereocenters. The Balaban J connectivity index is 1.71. The van der Waals surface area contributed by atoms with Crippen LogP contribution in [0.1, 0.15) is 6.92 Å². The number of benzene rings is 1. The van der Waals surface area contributed by atoms with Crippen LogP contribution in [-0.2, 0) is 19.6 Å². The number of anilines is 1. The van der Waals surface area contributed by atoms with Gasteiger partial charge in [0.15, 0.2) is 0 Å². The van der Waals surface area contributed by atoms with Crippen molar-refractivity contribution in [1.82, 2.24) is 14.5 Å². The number of carbonyl (C=O) groups excluding carboxylic acids is 2. The summed E-state index contributed by atoms with van der Waals surface area (Å²) in [6.45, 7) is 3.39. The van der Waals surface area contributed by atoms with Crippen LogP contribution < -0.4 is 10.6 Å². The molecular weight excluding hydrogens is 424 g/mol. The van der Waals surface area contributed by atoms with E-state index in [0.717, 1.165) is 4.47 Å². The van der Waals surface area contributed by atoms with Gasteiger partial charge in [0, 0.05) is 30.7 Å². The number of halogens is 1. The van der Waals surface area contributed by atoms with E-state index in [4.69, 9.17) is 0 Å². The highest BCUT2D eigenvalue weighted by Crippen LogP contribution is 2.20. The van der Waals surface area contributed by atoms with E-state index in [1.54, 1.807) is 19.1 Å². The molecule has 0 saturated carbocycles. The molecule has 1 heterocycles. The minimum atomic E-state index is -3.18. The van der Waals surface area contributed by atoms with Crippen LogP contribution in [0.3, 0.4) is 0 Å². The monoisotopic (exact) mass is 446 g/mol. The van der Waals surface area contributed by atoms with E-state index >= 15 is 0 Å². The first-order valence-corrected chi connectivity index (χ1v) is 10.7. The number of nitrogens with zero attached hydrogens (tertiary/aromatic N) is 2. The highest BCUT2D eigenvalue weighted by Gasteiger charge is 2.26. The second kappa shape index (κ2) is 9.45. The standard InChI is InChI=1S/C16H23BrN4O4S/c1-2-26(24,25)21-9-7-20(8-10-21)12-16(23)18-11-15(22)19-14-6-4-3-5-13(14)17/h3-6H,2,7-12H2,1H3,(H,18,23)(H,19,22). The van der Waals surface area contributed by atoms with Crippen LogP contribution in [0.4, 0.5) is 5.69 Å². The van der Waals surface area contributed by atoms with Crippen molar-refractivity contribution in [1.29, 1.82) is 0 Å². The summed E-state index contributed by atoms with van der Waals surface area (Å²) in [7, 11) is -3.18. The SMILES string of the molecule is CCS(=O)(=O)N1CCN(CC(=O)NCC(=O)Nc2ccccc2Br)CC1. The van der Waals surface area contributed by atoms with E-state index in [9.17, 15) is 18.0 Å². The second-order valence-electron chi connectivity index (χ2n) is 5.88. The number of piperazine rings is 1. The van der Waals surface area contributed by atoms with Gasteiger partial charge in [0.2, 0.25) is 21.8 Å². The van der Waals surface area contributed by atoms with Crippen molar-refractivity contribution in [2.75, 3.05) is 50.3 Å². The smallest absolute Gasteiger partial charge is 0.243 e. The van der Waals surface area contributed by atoms with Crippen molar-refractivity contribution >= 4 is 43.5 Å². The fourth-order valence-corrected chi connectivity index (χ4v) is 4.01. The van der Waals surface area contributed by atoms with E-state index < -0.39 is 10.0 Å². The zero-order valence-electron chi connectivity index (χ0n) is 14.6. The van der Waals surface area contributed by atoms with Gasteiger partial charge in [0.1, 0.15) is 0 Å². The van der Waals surface area contributed by atoms with Crippen LogP contribution in [0, 0.1) is 0 Å². The molecule has 1 saturated heterocycles. The van der Waals surface area contributed by atoms with Gasteiger partial charge in [-0.2, -0.15) is 4.31 Å². The molecular formula is C16H23BrN4O4S. The van der Waals surface area contributed by atoms with E-state index in [1.807, 2.05) is 17.0 Å². The molecule has 0 atom stereocenters. The average molecular weight is 447 g/mol. The maximum Gasteiger partial charge on any atom is 0.243 e. The third-order valence-corrected chi connectivity index (χ3v) is 6.62. The number of nitrogens with one attached hydrogen (secondary N) is 2. The van der Waals surface area contributed by atoms with Crippen molar-refractivity contribution in [2.45, 2.75) is 6.92 Å². The van der Waals surface area contributed by atoms with Crippen LogP contribution in [0.2, 0.25) is 0 Å². The molecule has 2 rings (SSSR count). The van der Waals surface area contributed by atoms with Gasteiger partial charge in [-0.25, -0.2) is 8.42 Å². The lowest BCUT2D eigenvalue weighted by atomic mass is 10.3. The predicted octanol–water partition coefficient (Wildman–Crippen LogP) is 0.471. The summed E-state index contributed by atoms with van der Waals surface area (Å²) in [4.78, 5) is 25.8. The van der Waals surface area contributed by atoms with E-state index in [0.29, 0.717) is 31.9 Å². The minimum Gasteiger partial charge on any atom is -0.346 e. The van der Waals surface area contributed by atoms with Gasteiger partial charge in [0.05, 0.1) is 24.5 Å². The first kappa shape index (κ1) is 20.8. The third kappa shape index (κ3) is 6.04. The minimum absolute atomic E-state index is 0.0835. The quantitative estimate of drug-likeness (QED) is 0.634. The molecule has 1 aromatic rings. The highest BCUT2D eigenvalue weighted by molar-refractivity contribution is 9.10. The Hall–Kier alpha value is -1.49. The summed E-state index contributed by atoms with van der Waals surface area (Å²) in [6, 6.07) is 7.21. The highest BCUT2D eigenvalue weighted by atomic mass is 79.9. The zero-order chi connectivity index (χ0) is 19.2. The number of hydrogen-bond acceptors (Lipinski definition) is 5. The predicted molar refractivity (Wildman–Crippen MR) is 103 cm³/mol. The first-order valence-electron chi connectivity index (χ1n) is 8.33. The number of para-hydroxylation sites is 1. The lowest BCUT2D eigenvalue weighted by molar-refractivity contribution is -0.125. The molecule has 1 aromatic carbocycles. The van der Waals surface area contributed by atoms with Gasteiger partial charge >= 0.3 is 0 Å². The molecule has 10 heteroatoms. The topological polar surface area (TPSA) is 98.8 Å². The van der Waals surface area contributed by atoms with E-state index in [2.05, 4.69) is 26.6 Å². The Kier molecular flexibility index (Phi) is 7.56. The molecule has 1 aliphatic heterocycles. The zero-order valence-corrected chi connectivity index (χ0v) is 17.0. The Bertz CT molecular complexity index is 748. The van der Waals surface area contributed by atoms with Crippen LogP contribution in [0.5, 0.6) is 0 Å². The summed E-state index contributed by atoms with van der Waals surface area (Å²) < 4.78 is 25.8. The largest absolute Gasteiger partial charge is 0.346 e. The van der Waals surface area contributed by atoms with Crippen LogP contribution in [0.15, 0.2) is 28.7 Å². The number of hydrogen-bond donors (Lipinski definition) is 2. The van der Waals surface area contributed by atoms with Crippen molar-refractivity contribution in [3.8, 4) is 0 Å². The normalized spacial score (nSPS) is 16.2. The maximum atomic E-state index is 12.0. The van der Waals surface area contributed by atoms with Gasteiger partial charge in [-0.1, -0.05) is 12.1 Å². The number of rotatable bonds is 7. The molecule has 0 radical (unpaired) electrons. The molecule has 26 heavy (non-hydrogen) atoms. The third-order valence-electron chi connectivity index (χ3n) is 4.05. The molecule has 0 aliphatic carbocycles. The number of amides is 2. The maximum absolute atomic E-state index is 12.0. The molecule has 1 fully saturated rings. The Morgan fingerprint density at radius 3 is 2.38 bits per heavy atom. The summed E-state index contributed by atoms with van der Waals surface area (Å²) in [5.41, 5.74) is 0.639. The molecule has 0 spiro atoms. The van der Waals surface area contributed by atoms with Gasteiger partial charge in [-0.15, -0.1) is 0 Å². The van der Waals surface area contributed by atoms with Crippen LogP contribution in [-0.4, -0.2) is 74.5 Å². The Morgan fingerprint density at radius 2 is 1.77 bits per heavy atom. The molecule has 144 valence electrons. The van der Waals surface area contributed by atoms with E-state index in [1.165, 1.54) is 4.31 Å². The molecule has 0 bridgehead atoms. The second-order valence-corrected chi connectivity index (χ2v) is 8.99. The van der Waals surface area contributed by atoms with Gasteiger partial charge in [0.25, 0.3) is 0 Å². The molecule has 8 nitrogen and oxygen atoms in total. The van der Waals surface area contributed by atoms with Crippen molar-refractivity contribution in [3.63, 3.8) is 0 Å². The fourth-order valence-electron chi connectivity index (χ4n) is 2.54. The lowest BCUT2D eigenvalue weighted by Gasteiger charge is -2.33. The Labute approximate surface area is 162 Å². The fraction of sp³-hybridized carbons (Fsp3) is 0.500. The van der Waals surface area contributed by atoms with Crippen molar-refractivity contribution in [3.05, 3.63) is 28.7 Å². The van der Waals surface area contributed by atoms with Crippen LogP contribution >= 0.6 is 15.9 Å². The Morgan fingerprint density at radius 1 is 1.12 bits per heavy atom. The first-order chi connectivity index (χ1) is 12.3. The number of carbonyl (C=O) groups is 2. The number of sulfonamides is 1. The van der Waals surface area contributed by atoms with Crippen LogP contribution in [0.25, 0.3) is 0 Å². The summed E-state index contributed by atoms with van der Waals surface area (Å²) in [6.07, 6.45) is 0.